The van der Waals surface area contributed by atoms with Crippen molar-refractivity contribution in [2.75, 3.05) is 7.05 Å². The summed E-state index contributed by atoms with van der Waals surface area (Å²) in [6.07, 6.45) is 0. The number of hydrogen-bond donors (Lipinski definition) is 1. The second kappa shape index (κ2) is 8.43. The maximum atomic E-state index is 12.7. The molecule has 0 atom stereocenters. The highest BCUT2D eigenvalue weighted by Crippen LogP contribution is 2.18. The maximum Gasteiger partial charge on any atom is 0.253 e. The number of fused-ring (bicyclic) bond motifs is 1. The Hall–Kier alpha value is -3.21. The van der Waals surface area contributed by atoms with Crippen LogP contribution in [0.5, 0.6) is 0 Å². The highest BCUT2D eigenvalue weighted by atomic mass is 16.2. The molecule has 0 fully saturated rings. The molecule has 1 aromatic heterocycles. The van der Waals surface area contributed by atoms with Gasteiger partial charge in [0.1, 0.15) is 0 Å². The first-order valence-electron chi connectivity index (χ1n) is 9.78. The zero-order valence-corrected chi connectivity index (χ0v) is 17.6. The van der Waals surface area contributed by atoms with Crippen LogP contribution in [0, 0.1) is 13.8 Å². The largest absolute Gasteiger partial charge is 0.348 e. The van der Waals surface area contributed by atoms with E-state index < -0.39 is 0 Å². The summed E-state index contributed by atoms with van der Waals surface area (Å²) in [5.41, 5.74) is 4.89. The van der Waals surface area contributed by atoms with Crippen LogP contribution < -0.4 is 5.32 Å². The molecular formula is C24H27N3O2. The van der Waals surface area contributed by atoms with Gasteiger partial charge in [-0.15, -0.1) is 0 Å². The molecule has 5 heteroatoms. The number of carbonyl (C=O) groups excluding carboxylic acids is 2. The van der Waals surface area contributed by atoms with Gasteiger partial charge in [0.2, 0.25) is 0 Å². The number of nitrogens with one attached hydrogen (secondary N) is 1. The number of carbonyl (C=O) groups is 2. The number of hydrogen-bond acceptors (Lipinski definition) is 3. The van der Waals surface area contributed by atoms with Crippen LogP contribution >= 0.6 is 0 Å². The lowest BCUT2D eigenvalue weighted by molar-refractivity contribution is 0.0754. The molecule has 1 heterocycles. The lowest BCUT2D eigenvalue weighted by Gasteiger charge is -2.21. The molecule has 0 radical (unpaired) electrons. The SMILES string of the molecule is Cc1ccc2cc(C(=O)NCc3ccc(C(=O)N(C)C(C)C)cc3)c(C)nc2c1. The van der Waals surface area contributed by atoms with Crippen LogP contribution in [0.25, 0.3) is 10.9 Å². The summed E-state index contributed by atoms with van der Waals surface area (Å²) < 4.78 is 0. The number of benzene rings is 2. The van der Waals surface area contributed by atoms with E-state index in [9.17, 15) is 9.59 Å². The Morgan fingerprint density at radius 3 is 2.38 bits per heavy atom. The lowest BCUT2D eigenvalue weighted by atomic mass is 10.1. The van der Waals surface area contributed by atoms with Gasteiger partial charge in [-0.1, -0.05) is 24.3 Å². The fraction of sp³-hybridized carbons (Fsp3) is 0.292. The van der Waals surface area contributed by atoms with Crippen LogP contribution in [0.4, 0.5) is 0 Å². The highest BCUT2D eigenvalue weighted by Gasteiger charge is 2.15. The minimum absolute atomic E-state index is 0.0105. The van der Waals surface area contributed by atoms with Gasteiger partial charge in [-0.25, -0.2) is 0 Å². The maximum absolute atomic E-state index is 12.7. The van der Waals surface area contributed by atoms with Crippen LogP contribution in [-0.2, 0) is 6.54 Å². The van der Waals surface area contributed by atoms with Crippen LogP contribution in [0.15, 0.2) is 48.5 Å². The first kappa shape index (κ1) is 20.5. The van der Waals surface area contributed by atoms with Crippen molar-refractivity contribution in [3.05, 3.63) is 76.5 Å². The van der Waals surface area contributed by atoms with Crippen molar-refractivity contribution in [2.45, 2.75) is 40.3 Å². The fourth-order valence-corrected chi connectivity index (χ4v) is 3.08. The first-order chi connectivity index (χ1) is 13.8. The Bertz CT molecular complexity index is 1060. The second-order valence-corrected chi connectivity index (χ2v) is 7.71. The molecule has 0 bridgehead atoms. The monoisotopic (exact) mass is 389 g/mol. The van der Waals surface area contributed by atoms with Crippen LogP contribution in [0.2, 0.25) is 0 Å². The van der Waals surface area contributed by atoms with Crippen molar-refractivity contribution in [1.82, 2.24) is 15.2 Å². The van der Waals surface area contributed by atoms with Gasteiger partial charge in [0, 0.05) is 30.6 Å². The van der Waals surface area contributed by atoms with Crippen molar-refractivity contribution in [3.8, 4) is 0 Å². The molecule has 0 saturated carbocycles. The molecule has 3 aromatic rings. The molecule has 2 amide bonds. The van der Waals surface area contributed by atoms with Crippen LogP contribution in [0.1, 0.15) is 51.4 Å². The van der Waals surface area contributed by atoms with E-state index in [0.29, 0.717) is 23.4 Å². The highest BCUT2D eigenvalue weighted by molar-refractivity contribution is 5.98. The average molecular weight is 389 g/mol. The summed E-state index contributed by atoms with van der Waals surface area (Å²) in [5, 5.41) is 3.90. The topological polar surface area (TPSA) is 62.3 Å². The predicted octanol–water partition coefficient (Wildman–Crippen LogP) is 4.26. The van der Waals surface area contributed by atoms with E-state index in [1.165, 1.54) is 0 Å². The lowest BCUT2D eigenvalue weighted by Crippen LogP contribution is -2.32. The number of aryl methyl sites for hydroxylation is 2. The van der Waals surface area contributed by atoms with E-state index in [0.717, 1.165) is 22.0 Å². The van der Waals surface area contributed by atoms with Gasteiger partial charge in [0.15, 0.2) is 0 Å². The third-order valence-corrected chi connectivity index (χ3v) is 5.16. The van der Waals surface area contributed by atoms with E-state index in [2.05, 4.69) is 10.3 Å². The third-order valence-electron chi connectivity index (χ3n) is 5.16. The van der Waals surface area contributed by atoms with E-state index in [1.54, 1.807) is 24.1 Å². The zero-order valence-electron chi connectivity index (χ0n) is 17.6. The molecule has 0 spiro atoms. The normalized spacial score (nSPS) is 11.0. The molecule has 150 valence electrons. The predicted molar refractivity (Wildman–Crippen MR) is 116 cm³/mol. The standard InChI is InChI=1S/C24H27N3O2/c1-15(2)27(5)24(29)19-10-7-18(8-11-19)14-25-23(28)21-13-20-9-6-16(3)12-22(20)26-17(21)4/h6-13,15H,14H2,1-5H3,(H,25,28). The van der Waals surface area contributed by atoms with Crippen LogP contribution in [0.3, 0.4) is 0 Å². The van der Waals surface area contributed by atoms with Crippen molar-refractivity contribution >= 4 is 22.7 Å². The number of rotatable bonds is 5. The smallest absolute Gasteiger partial charge is 0.253 e. The van der Waals surface area contributed by atoms with E-state index >= 15 is 0 Å². The first-order valence-corrected chi connectivity index (χ1v) is 9.78. The van der Waals surface area contributed by atoms with Gasteiger partial charge >= 0.3 is 0 Å². The van der Waals surface area contributed by atoms with Crippen molar-refractivity contribution in [1.29, 1.82) is 0 Å². The molecule has 1 N–H and O–H groups in total. The molecule has 3 rings (SSSR count). The molecular weight excluding hydrogens is 362 g/mol. The van der Waals surface area contributed by atoms with Crippen molar-refractivity contribution < 1.29 is 9.59 Å². The number of aromatic nitrogens is 1. The minimum atomic E-state index is -0.155. The third kappa shape index (κ3) is 4.62. The van der Waals surface area contributed by atoms with Gasteiger partial charge in [-0.2, -0.15) is 0 Å². The Kier molecular flexibility index (Phi) is 5.97. The Morgan fingerprint density at radius 2 is 1.72 bits per heavy atom. The average Bonchev–Trinajstić information content (AvgIpc) is 2.70. The molecule has 0 saturated heterocycles. The summed E-state index contributed by atoms with van der Waals surface area (Å²) in [6, 6.07) is 15.4. The van der Waals surface area contributed by atoms with Gasteiger partial charge in [0.25, 0.3) is 11.8 Å². The van der Waals surface area contributed by atoms with Crippen molar-refractivity contribution in [3.63, 3.8) is 0 Å². The molecule has 0 aliphatic rings. The van der Waals surface area contributed by atoms with E-state index in [4.69, 9.17) is 0 Å². The summed E-state index contributed by atoms with van der Waals surface area (Å²) in [4.78, 5) is 31.3. The Labute approximate surface area is 171 Å². The fourth-order valence-electron chi connectivity index (χ4n) is 3.08. The van der Waals surface area contributed by atoms with E-state index in [1.807, 2.05) is 64.1 Å². The van der Waals surface area contributed by atoms with Crippen LogP contribution in [-0.4, -0.2) is 34.8 Å². The summed E-state index contributed by atoms with van der Waals surface area (Å²) in [6.45, 7) is 8.22. The number of amides is 2. The molecule has 29 heavy (non-hydrogen) atoms. The summed E-state index contributed by atoms with van der Waals surface area (Å²) in [7, 11) is 1.79. The molecule has 2 aromatic carbocycles. The molecule has 5 nitrogen and oxygen atoms in total. The van der Waals surface area contributed by atoms with E-state index in [-0.39, 0.29) is 17.9 Å². The van der Waals surface area contributed by atoms with Gasteiger partial charge < -0.3 is 10.2 Å². The molecule has 0 unspecified atom stereocenters. The minimum Gasteiger partial charge on any atom is -0.348 e. The quantitative estimate of drug-likeness (QED) is 0.709. The summed E-state index contributed by atoms with van der Waals surface area (Å²) in [5.74, 6) is -0.166. The van der Waals surface area contributed by atoms with Gasteiger partial charge in [-0.05, 0) is 63.1 Å². The molecule has 0 aliphatic heterocycles. The number of nitrogens with zero attached hydrogens (tertiary/aromatic N) is 2. The van der Waals surface area contributed by atoms with Crippen molar-refractivity contribution in [2.24, 2.45) is 0 Å². The Morgan fingerprint density at radius 1 is 1.03 bits per heavy atom. The number of pyridine rings is 1. The second-order valence-electron chi connectivity index (χ2n) is 7.71. The zero-order chi connectivity index (χ0) is 21.1. The Balaban J connectivity index is 1.69. The van der Waals surface area contributed by atoms with Gasteiger partial charge in [-0.3, -0.25) is 14.6 Å². The molecule has 0 aliphatic carbocycles. The summed E-state index contributed by atoms with van der Waals surface area (Å²) >= 11 is 0. The van der Waals surface area contributed by atoms with Gasteiger partial charge in [0.05, 0.1) is 16.8 Å².